The number of hydrogen-bond acceptors (Lipinski definition) is 5. The molecule has 0 spiro atoms. The number of nitrogens with two attached hydrogens (primary N) is 1. The Kier molecular flexibility index (Phi) is 4.40. The standard InChI is InChI=1S/C16H22N4O3S2/c1-8-5-6-11-12(7-8)24-16(13(11)15(17)21)19-25(22,23)14-9(2)18-20(4)10(14)3/h8,19H,5-7H2,1-4H3,(H2,17,21)/t8-/m1/s1. The van der Waals surface area contributed by atoms with E-state index in [-0.39, 0.29) is 4.90 Å². The average molecular weight is 383 g/mol. The molecule has 2 aromatic rings. The second-order valence-electron chi connectivity index (χ2n) is 6.65. The molecule has 0 saturated carbocycles. The second kappa shape index (κ2) is 6.14. The number of fused-ring (bicyclic) bond motifs is 1. The lowest BCUT2D eigenvalue weighted by Crippen LogP contribution is -2.20. The number of anilines is 1. The van der Waals surface area contributed by atoms with Crippen LogP contribution in [-0.4, -0.2) is 24.1 Å². The van der Waals surface area contributed by atoms with Gasteiger partial charge in [0.15, 0.2) is 0 Å². The molecule has 3 N–H and O–H groups in total. The number of nitrogens with one attached hydrogen (secondary N) is 1. The molecule has 2 aromatic heterocycles. The van der Waals surface area contributed by atoms with E-state index in [0.717, 1.165) is 29.7 Å². The highest BCUT2D eigenvalue weighted by Gasteiger charge is 2.30. The first-order chi connectivity index (χ1) is 11.6. The number of aromatic nitrogens is 2. The van der Waals surface area contributed by atoms with E-state index in [1.54, 1.807) is 20.9 Å². The lowest BCUT2D eigenvalue weighted by molar-refractivity contribution is 0.100. The van der Waals surface area contributed by atoms with Crippen LogP contribution in [0.3, 0.4) is 0 Å². The summed E-state index contributed by atoms with van der Waals surface area (Å²) in [5, 5.41) is 4.47. The molecule has 136 valence electrons. The van der Waals surface area contributed by atoms with E-state index in [2.05, 4.69) is 16.7 Å². The van der Waals surface area contributed by atoms with Crippen molar-refractivity contribution in [2.75, 3.05) is 4.72 Å². The highest BCUT2D eigenvalue weighted by molar-refractivity contribution is 7.93. The molecule has 1 amide bonds. The van der Waals surface area contributed by atoms with Crippen molar-refractivity contribution in [2.45, 2.75) is 44.9 Å². The van der Waals surface area contributed by atoms with Crippen molar-refractivity contribution in [1.82, 2.24) is 9.78 Å². The molecule has 7 nitrogen and oxygen atoms in total. The van der Waals surface area contributed by atoms with Crippen LogP contribution in [-0.2, 0) is 29.9 Å². The molecule has 0 radical (unpaired) electrons. The fourth-order valence-electron chi connectivity index (χ4n) is 3.40. The molecule has 0 bridgehead atoms. The molecule has 1 atom stereocenters. The molecule has 0 aliphatic heterocycles. The fourth-order valence-corrected chi connectivity index (χ4v) is 6.56. The van der Waals surface area contributed by atoms with Crippen molar-refractivity contribution in [3.05, 3.63) is 27.4 Å². The summed E-state index contributed by atoms with van der Waals surface area (Å²) in [5.41, 5.74) is 7.73. The number of carbonyl (C=O) groups is 1. The van der Waals surface area contributed by atoms with Gasteiger partial charge in [0.2, 0.25) is 0 Å². The quantitative estimate of drug-likeness (QED) is 0.844. The first-order valence-corrected chi connectivity index (χ1v) is 10.4. The molecule has 0 saturated heterocycles. The number of carbonyl (C=O) groups excluding carboxylic acids is 1. The Labute approximate surface area is 151 Å². The van der Waals surface area contributed by atoms with E-state index < -0.39 is 15.9 Å². The summed E-state index contributed by atoms with van der Waals surface area (Å²) in [7, 11) is -2.16. The van der Waals surface area contributed by atoms with Gasteiger partial charge in [-0.15, -0.1) is 11.3 Å². The number of sulfonamides is 1. The van der Waals surface area contributed by atoms with Gasteiger partial charge in [0.05, 0.1) is 17.0 Å². The number of aryl methyl sites for hydroxylation is 2. The minimum absolute atomic E-state index is 0.144. The zero-order valence-corrected chi connectivity index (χ0v) is 16.3. The Hall–Kier alpha value is -1.87. The van der Waals surface area contributed by atoms with Gasteiger partial charge >= 0.3 is 0 Å². The highest BCUT2D eigenvalue weighted by atomic mass is 32.2. The normalized spacial score (nSPS) is 17.4. The largest absolute Gasteiger partial charge is 0.365 e. The molecule has 3 rings (SSSR count). The highest BCUT2D eigenvalue weighted by Crippen LogP contribution is 2.40. The van der Waals surface area contributed by atoms with Crippen molar-refractivity contribution < 1.29 is 13.2 Å². The van der Waals surface area contributed by atoms with Gasteiger partial charge < -0.3 is 5.73 Å². The zero-order valence-electron chi connectivity index (χ0n) is 14.7. The third kappa shape index (κ3) is 3.06. The number of hydrogen-bond donors (Lipinski definition) is 2. The summed E-state index contributed by atoms with van der Waals surface area (Å²) in [5.74, 6) is -0.0801. The van der Waals surface area contributed by atoms with E-state index in [0.29, 0.717) is 27.9 Å². The number of amides is 1. The Morgan fingerprint density at radius 1 is 1.40 bits per heavy atom. The van der Waals surface area contributed by atoms with E-state index in [1.165, 1.54) is 16.0 Å². The molecule has 0 aromatic carbocycles. The molecule has 0 fully saturated rings. The predicted octanol–water partition coefficient (Wildman–Crippen LogP) is 2.12. The smallest absolute Gasteiger partial charge is 0.266 e. The molecular formula is C16H22N4O3S2. The summed E-state index contributed by atoms with van der Waals surface area (Å²) in [6.07, 6.45) is 2.56. The first-order valence-electron chi connectivity index (χ1n) is 8.09. The van der Waals surface area contributed by atoms with Gasteiger partial charge in [0.25, 0.3) is 15.9 Å². The van der Waals surface area contributed by atoms with Crippen LogP contribution >= 0.6 is 11.3 Å². The Morgan fingerprint density at radius 2 is 2.08 bits per heavy atom. The van der Waals surface area contributed by atoms with Gasteiger partial charge in [-0.1, -0.05) is 6.92 Å². The average Bonchev–Trinajstić information content (AvgIpc) is 2.94. The minimum atomic E-state index is -3.85. The monoisotopic (exact) mass is 382 g/mol. The maximum absolute atomic E-state index is 12.9. The maximum atomic E-state index is 12.9. The molecule has 2 heterocycles. The third-order valence-corrected chi connectivity index (χ3v) is 7.60. The van der Waals surface area contributed by atoms with Crippen molar-refractivity contribution in [3.8, 4) is 0 Å². The summed E-state index contributed by atoms with van der Waals surface area (Å²) < 4.78 is 29.9. The van der Waals surface area contributed by atoms with Crippen LogP contribution in [0, 0.1) is 19.8 Å². The third-order valence-electron chi connectivity index (χ3n) is 4.70. The Balaban J connectivity index is 2.07. The SMILES string of the molecule is Cc1nn(C)c(C)c1S(=O)(=O)Nc1sc2c(c1C(N)=O)CC[C@@H](C)C2. The van der Waals surface area contributed by atoms with E-state index in [1.807, 2.05) is 0 Å². The topological polar surface area (TPSA) is 107 Å². The summed E-state index contributed by atoms with van der Waals surface area (Å²) in [6, 6.07) is 0. The van der Waals surface area contributed by atoms with Crippen LogP contribution in [0.5, 0.6) is 0 Å². The van der Waals surface area contributed by atoms with Gasteiger partial charge in [-0.3, -0.25) is 14.2 Å². The molecular weight excluding hydrogens is 360 g/mol. The van der Waals surface area contributed by atoms with Crippen LogP contribution in [0.15, 0.2) is 4.90 Å². The van der Waals surface area contributed by atoms with E-state index in [9.17, 15) is 13.2 Å². The van der Waals surface area contributed by atoms with Crippen molar-refractivity contribution >= 4 is 32.3 Å². The van der Waals surface area contributed by atoms with Gasteiger partial charge in [-0.05, 0) is 44.6 Å². The molecule has 0 unspecified atom stereocenters. The predicted molar refractivity (Wildman–Crippen MR) is 97.5 cm³/mol. The molecule has 1 aliphatic carbocycles. The number of rotatable bonds is 4. The summed E-state index contributed by atoms with van der Waals surface area (Å²) in [6.45, 7) is 5.50. The Bertz CT molecular complexity index is 957. The number of primary amides is 1. The van der Waals surface area contributed by atoms with Gasteiger partial charge in [0.1, 0.15) is 9.90 Å². The van der Waals surface area contributed by atoms with Crippen LogP contribution in [0.25, 0.3) is 0 Å². The van der Waals surface area contributed by atoms with Crippen molar-refractivity contribution in [1.29, 1.82) is 0 Å². The second-order valence-corrected chi connectivity index (χ2v) is 9.37. The number of nitrogens with zero attached hydrogens (tertiary/aromatic N) is 2. The minimum Gasteiger partial charge on any atom is -0.365 e. The van der Waals surface area contributed by atoms with E-state index in [4.69, 9.17) is 5.73 Å². The van der Waals surface area contributed by atoms with Gasteiger partial charge in [0, 0.05) is 11.9 Å². The zero-order chi connectivity index (χ0) is 18.5. The molecule has 9 heteroatoms. The Morgan fingerprint density at radius 3 is 2.64 bits per heavy atom. The lowest BCUT2D eigenvalue weighted by atomic mass is 9.88. The summed E-state index contributed by atoms with van der Waals surface area (Å²) in [4.78, 5) is 13.2. The molecule has 25 heavy (non-hydrogen) atoms. The van der Waals surface area contributed by atoms with Crippen LogP contribution < -0.4 is 10.5 Å². The number of thiophene rings is 1. The van der Waals surface area contributed by atoms with Crippen molar-refractivity contribution in [3.63, 3.8) is 0 Å². The van der Waals surface area contributed by atoms with Gasteiger partial charge in [-0.2, -0.15) is 5.10 Å². The summed E-state index contributed by atoms with van der Waals surface area (Å²) >= 11 is 1.32. The van der Waals surface area contributed by atoms with E-state index >= 15 is 0 Å². The van der Waals surface area contributed by atoms with Crippen LogP contribution in [0.1, 0.15) is 45.5 Å². The van der Waals surface area contributed by atoms with Crippen molar-refractivity contribution in [2.24, 2.45) is 18.7 Å². The molecule has 1 aliphatic rings. The lowest BCUT2D eigenvalue weighted by Gasteiger charge is -2.18. The maximum Gasteiger partial charge on any atom is 0.266 e. The van der Waals surface area contributed by atoms with Crippen LogP contribution in [0.2, 0.25) is 0 Å². The van der Waals surface area contributed by atoms with Crippen LogP contribution in [0.4, 0.5) is 5.00 Å². The first kappa shape index (κ1) is 17.9. The van der Waals surface area contributed by atoms with Gasteiger partial charge in [-0.25, -0.2) is 8.42 Å². The fraction of sp³-hybridized carbons (Fsp3) is 0.500.